The highest BCUT2D eigenvalue weighted by atomic mass is 32.2. The van der Waals surface area contributed by atoms with Crippen molar-refractivity contribution in [3.05, 3.63) is 0 Å². The minimum Gasteiger partial charge on any atom is -0.480 e. The van der Waals surface area contributed by atoms with E-state index in [-0.39, 0.29) is 29.6 Å². The van der Waals surface area contributed by atoms with Crippen molar-refractivity contribution in [2.24, 2.45) is 0 Å². The zero-order valence-electron chi connectivity index (χ0n) is 14.4. The Morgan fingerprint density at radius 2 is 1.68 bits per heavy atom. The van der Waals surface area contributed by atoms with Crippen molar-refractivity contribution in [2.45, 2.75) is 58.0 Å². The molecule has 1 rings (SSSR count). The summed E-state index contributed by atoms with van der Waals surface area (Å²) in [7, 11) is -5.10. The van der Waals surface area contributed by atoms with Gasteiger partial charge in [0, 0.05) is 13.1 Å². The minimum absolute atomic E-state index is 0.00441. The summed E-state index contributed by atoms with van der Waals surface area (Å²) in [5, 5.41) is 9.57. The largest absolute Gasteiger partial charge is 0.480 e. The summed E-state index contributed by atoms with van der Waals surface area (Å²) >= 11 is 0. The van der Waals surface area contributed by atoms with Crippen LogP contribution in [0.5, 0.6) is 0 Å². The fraction of sp³-hybridized carbons (Fsp3) is 0.929. The summed E-state index contributed by atoms with van der Waals surface area (Å²) in [6.45, 7) is 12.8. The molecule has 1 heterocycles. The summed E-state index contributed by atoms with van der Waals surface area (Å²) in [5.41, 5.74) is 0. The van der Waals surface area contributed by atoms with Crippen molar-refractivity contribution in [3.63, 3.8) is 0 Å². The normalized spacial score (nSPS) is 23.0. The second-order valence-corrected chi connectivity index (χ2v) is 14.6. The van der Waals surface area contributed by atoms with Crippen molar-refractivity contribution in [1.29, 1.82) is 0 Å². The molecule has 0 aliphatic carbocycles. The van der Waals surface area contributed by atoms with E-state index in [1.807, 2.05) is 0 Å². The minimum atomic E-state index is -3.03. The lowest BCUT2D eigenvalue weighted by molar-refractivity contribution is -0.146. The van der Waals surface area contributed by atoms with E-state index in [1.165, 1.54) is 0 Å². The fourth-order valence-electron chi connectivity index (χ4n) is 2.36. The third-order valence-electron chi connectivity index (χ3n) is 4.76. The van der Waals surface area contributed by atoms with Crippen LogP contribution in [0.4, 0.5) is 0 Å². The average Bonchev–Trinajstić information content (AvgIpc) is 2.29. The maximum Gasteiger partial charge on any atom is 0.323 e. The predicted molar refractivity (Wildman–Crippen MR) is 89.4 cm³/mol. The second kappa shape index (κ2) is 6.58. The topological polar surface area (TPSA) is 83.9 Å². The van der Waals surface area contributed by atoms with Crippen LogP contribution in [-0.4, -0.2) is 69.5 Å². The smallest absolute Gasteiger partial charge is 0.323 e. The molecule has 1 saturated heterocycles. The second-order valence-electron chi connectivity index (χ2n) is 7.55. The maximum atomic E-state index is 11.7. The molecule has 1 fully saturated rings. The fourth-order valence-corrected chi connectivity index (χ4v) is 5.01. The van der Waals surface area contributed by atoms with E-state index in [0.29, 0.717) is 0 Å². The highest BCUT2D eigenvalue weighted by molar-refractivity contribution is 7.91. The molecule has 0 aromatic carbocycles. The van der Waals surface area contributed by atoms with E-state index in [4.69, 9.17) is 4.43 Å². The monoisotopic (exact) mass is 351 g/mol. The van der Waals surface area contributed by atoms with Gasteiger partial charge in [-0.15, -0.1) is 0 Å². The van der Waals surface area contributed by atoms with Gasteiger partial charge >= 0.3 is 5.97 Å². The number of rotatable bonds is 5. The Hall–Kier alpha value is -0.443. The lowest BCUT2D eigenvalue weighted by Gasteiger charge is -2.42. The highest BCUT2D eigenvalue weighted by Crippen LogP contribution is 2.37. The van der Waals surface area contributed by atoms with E-state index in [2.05, 4.69) is 33.9 Å². The number of sulfone groups is 1. The standard InChI is InChI=1S/C14H29NO5SSi/c1-11(20-22(5,6)14(2,3)4)12(13(16)17)15-7-9-21(18,19)10-8-15/h11-12H,7-10H2,1-6H3,(H,16,17). The molecular formula is C14H29NO5SSi. The van der Waals surface area contributed by atoms with Crippen LogP contribution in [0.1, 0.15) is 27.7 Å². The van der Waals surface area contributed by atoms with Crippen LogP contribution in [0.2, 0.25) is 18.1 Å². The molecule has 0 saturated carbocycles. The van der Waals surface area contributed by atoms with Crippen molar-refractivity contribution in [3.8, 4) is 0 Å². The van der Waals surface area contributed by atoms with Crippen LogP contribution >= 0.6 is 0 Å². The molecule has 1 aliphatic rings. The first-order valence-electron chi connectivity index (χ1n) is 7.62. The van der Waals surface area contributed by atoms with Crippen molar-refractivity contribution in [1.82, 2.24) is 4.90 Å². The van der Waals surface area contributed by atoms with E-state index < -0.39 is 36.3 Å². The zero-order valence-corrected chi connectivity index (χ0v) is 16.2. The Balaban J connectivity index is 2.86. The van der Waals surface area contributed by atoms with Crippen LogP contribution in [0, 0.1) is 0 Å². The molecule has 1 aliphatic heterocycles. The summed E-state index contributed by atoms with van der Waals surface area (Å²) in [4.78, 5) is 13.4. The van der Waals surface area contributed by atoms with E-state index in [1.54, 1.807) is 11.8 Å². The number of carbonyl (C=O) groups is 1. The molecule has 1 N–H and O–H groups in total. The Bertz CT molecular complexity index is 498. The molecule has 0 aromatic heterocycles. The molecule has 0 bridgehead atoms. The van der Waals surface area contributed by atoms with Gasteiger partial charge in [-0.1, -0.05) is 20.8 Å². The molecule has 0 radical (unpaired) electrons. The van der Waals surface area contributed by atoms with Gasteiger partial charge in [-0.25, -0.2) is 8.42 Å². The summed E-state index contributed by atoms with van der Waals surface area (Å²) in [5.74, 6) is -0.918. The molecule has 0 amide bonds. The Morgan fingerprint density at radius 1 is 1.23 bits per heavy atom. The average molecular weight is 352 g/mol. The maximum absolute atomic E-state index is 11.7. The molecule has 6 nitrogen and oxygen atoms in total. The van der Waals surface area contributed by atoms with E-state index in [9.17, 15) is 18.3 Å². The van der Waals surface area contributed by atoms with Crippen LogP contribution in [-0.2, 0) is 19.1 Å². The molecule has 0 spiro atoms. The van der Waals surface area contributed by atoms with Gasteiger partial charge in [0.05, 0.1) is 17.6 Å². The van der Waals surface area contributed by atoms with Gasteiger partial charge in [-0.3, -0.25) is 9.69 Å². The van der Waals surface area contributed by atoms with Crippen LogP contribution in [0.25, 0.3) is 0 Å². The SMILES string of the molecule is CC(O[Si](C)(C)C(C)(C)C)C(C(=O)O)N1CCS(=O)(=O)CC1. The first-order chi connectivity index (χ1) is 9.77. The summed E-state index contributed by atoms with van der Waals surface area (Å²) in [6.07, 6.45) is -0.473. The van der Waals surface area contributed by atoms with E-state index in [0.717, 1.165) is 0 Å². The van der Waals surface area contributed by atoms with Gasteiger partial charge in [0.2, 0.25) is 0 Å². The Labute approximate surface area is 134 Å². The van der Waals surface area contributed by atoms with Crippen molar-refractivity contribution >= 4 is 24.1 Å². The van der Waals surface area contributed by atoms with Crippen molar-refractivity contribution in [2.75, 3.05) is 24.6 Å². The van der Waals surface area contributed by atoms with Crippen LogP contribution < -0.4 is 0 Å². The Morgan fingerprint density at radius 3 is 2.05 bits per heavy atom. The van der Waals surface area contributed by atoms with Gasteiger partial charge in [0.1, 0.15) is 6.04 Å². The molecule has 2 unspecified atom stereocenters. The summed E-state index contributed by atoms with van der Waals surface area (Å²) < 4.78 is 29.2. The highest BCUT2D eigenvalue weighted by Gasteiger charge is 2.43. The van der Waals surface area contributed by atoms with Gasteiger partial charge in [-0.2, -0.15) is 0 Å². The van der Waals surface area contributed by atoms with Gasteiger partial charge in [0.25, 0.3) is 0 Å². The zero-order chi connectivity index (χ0) is 17.3. The molecule has 0 aromatic rings. The molecular weight excluding hydrogens is 322 g/mol. The summed E-state index contributed by atoms with van der Waals surface area (Å²) in [6, 6.07) is -0.801. The van der Waals surface area contributed by atoms with Crippen LogP contribution in [0.15, 0.2) is 0 Å². The quantitative estimate of drug-likeness (QED) is 0.757. The molecule has 130 valence electrons. The number of carboxylic acids is 1. The van der Waals surface area contributed by atoms with Gasteiger partial charge < -0.3 is 9.53 Å². The predicted octanol–water partition coefficient (Wildman–Crippen LogP) is 1.58. The Kier molecular flexibility index (Phi) is 5.87. The van der Waals surface area contributed by atoms with Crippen LogP contribution in [0.3, 0.4) is 0 Å². The molecule has 2 atom stereocenters. The third-order valence-corrected chi connectivity index (χ3v) is 10.9. The first kappa shape index (κ1) is 19.6. The molecule has 22 heavy (non-hydrogen) atoms. The number of carboxylic acid groups (broad SMARTS) is 1. The third kappa shape index (κ3) is 4.77. The van der Waals surface area contributed by atoms with E-state index >= 15 is 0 Å². The number of aliphatic carboxylic acids is 1. The first-order valence-corrected chi connectivity index (χ1v) is 12.3. The lowest BCUT2D eigenvalue weighted by atomic mass is 10.1. The molecule has 8 heteroatoms. The number of hydrogen-bond donors (Lipinski definition) is 1. The van der Waals surface area contributed by atoms with Crippen molar-refractivity contribution < 1.29 is 22.7 Å². The van der Waals surface area contributed by atoms with Gasteiger partial charge in [-0.05, 0) is 25.1 Å². The number of hydrogen-bond acceptors (Lipinski definition) is 5. The lowest BCUT2D eigenvalue weighted by Crippen LogP contribution is -2.57. The number of nitrogens with zero attached hydrogens (tertiary/aromatic N) is 1. The van der Waals surface area contributed by atoms with Gasteiger partial charge in [0.15, 0.2) is 18.2 Å².